The van der Waals surface area contributed by atoms with E-state index in [-0.39, 0.29) is 41.1 Å². The topological polar surface area (TPSA) is 57.6 Å². The molecule has 5 rings (SSSR count). The fourth-order valence-electron chi connectivity index (χ4n) is 5.50. The van der Waals surface area contributed by atoms with Crippen LogP contribution in [-0.2, 0) is 11.3 Å². The first-order valence-electron chi connectivity index (χ1n) is 10.0. The zero-order valence-electron chi connectivity index (χ0n) is 15.9. The molecule has 3 unspecified atom stereocenters. The molecule has 1 spiro atoms. The molecule has 1 aromatic carbocycles. The highest BCUT2D eigenvalue weighted by Crippen LogP contribution is 2.68. The van der Waals surface area contributed by atoms with Crippen LogP contribution in [0, 0.1) is 23.2 Å². The number of allylic oxidation sites excluding steroid dienone is 6. The summed E-state index contributed by atoms with van der Waals surface area (Å²) in [6.45, 7) is 0.378. The average molecular weight is 391 g/mol. The molecule has 0 aromatic heterocycles. The maximum Gasteiger partial charge on any atom is 0.335 e. The number of rotatable bonds is 4. The van der Waals surface area contributed by atoms with Gasteiger partial charge in [-0.3, -0.25) is 4.79 Å². The average Bonchev–Trinajstić information content (AvgIpc) is 3.44. The summed E-state index contributed by atoms with van der Waals surface area (Å²) in [5, 5.41) is 9.26. The number of aromatic carboxylic acids is 1. The summed E-state index contributed by atoms with van der Waals surface area (Å²) in [5.41, 5.74) is 0.558. The second-order valence-corrected chi connectivity index (χ2v) is 8.44. The van der Waals surface area contributed by atoms with Crippen LogP contribution in [0.15, 0.2) is 72.6 Å². The van der Waals surface area contributed by atoms with Gasteiger partial charge in [0, 0.05) is 18.9 Å². The van der Waals surface area contributed by atoms with Gasteiger partial charge in [-0.25, -0.2) is 9.18 Å². The van der Waals surface area contributed by atoms with E-state index in [0.29, 0.717) is 13.0 Å². The highest BCUT2D eigenvalue weighted by molar-refractivity contribution is 5.91. The normalized spacial score (nSPS) is 34.4. The Balaban J connectivity index is 1.44. The van der Waals surface area contributed by atoms with E-state index in [1.54, 1.807) is 24.3 Å². The molecule has 1 saturated heterocycles. The van der Waals surface area contributed by atoms with Crippen molar-refractivity contribution in [1.29, 1.82) is 0 Å². The van der Waals surface area contributed by atoms with Crippen LogP contribution in [0.2, 0.25) is 0 Å². The molecule has 4 aliphatic rings. The van der Waals surface area contributed by atoms with Crippen molar-refractivity contribution in [3.63, 3.8) is 0 Å². The number of hydrogen-bond donors (Lipinski definition) is 1. The molecule has 1 aromatic rings. The number of amides is 1. The summed E-state index contributed by atoms with van der Waals surface area (Å²) in [7, 11) is 0. The largest absolute Gasteiger partial charge is 0.478 e. The van der Waals surface area contributed by atoms with E-state index in [9.17, 15) is 19.1 Å². The first kappa shape index (κ1) is 18.1. The first-order valence-corrected chi connectivity index (χ1v) is 10.0. The quantitative estimate of drug-likeness (QED) is 0.834. The fraction of sp³-hybridized carbons (Fsp3) is 0.333. The van der Waals surface area contributed by atoms with Gasteiger partial charge in [0.25, 0.3) is 0 Å². The number of fused-ring (bicyclic) bond motifs is 2. The van der Waals surface area contributed by atoms with Gasteiger partial charge in [0.2, 0.25) is 5.91 Å². The van der Waals surface area contributed by atoms with Gasteiger partial charge >= 0.3 is 5.97 Å². The Morgan fingerprint density at radius 1 is 1.21 bits per heavy atom. The van der Waals surface area contributed by atoms with Crippen LogP contribution in [0.4, 0.5) is 4.39 Å². The predicted octanol–water partition coefficient (Wildman–Crippen LogP) is 4.27. The maximum absolute atomic E-state index is 13.8. The summed E-state index contributed by atoms with van der Waals surface area (Å²) in [5.74, 6) is -0.712. The molecule has 1 N–H and O–H groups in total. The van der Waals surface area contributed by atoms with Gasteiger partial charge in [0.15, 0.2) is 0 Å². The van der Waals surface area contributed by atoms with Gasteiger partial charge in [0.05, 0.1) is 17.0 Å². The molecule has 29 heavy (non-hydrogen) atoms. The van der Waals surface area contributed by atoms with E-state index in [4.69, 9.17) is 0 Å². The molecular weight excluding hydrogens is 369 g/mol. The second kappa shape index (κ2) is 6.55. The van der Waals surface area contributed by atoms with Crippen LogP contribution >= 0.6 is 0 Å². The zero-order chi connectivity index (χ0) is 20.2. The van der Waals surface area contributed by atoms with Crippen molar-refractivity contribution in [2.75, 3.05) is 0 Å². The molecule has 1 amide bonds. The monoisotopic (exact) mass is 391 g/mol. The molecule has 1 heterocycles. The van der Waals surface area contributed by atoms with Gasteiger partial charge in [-0.15, -0.1) is 0 Å². The molecular formula is C24H22FNO3. The first-order chi connectivity index (χ1) is 14.0. The molecule has 1 aliphatic heterocycles. The standard InChI is InChI=1S/C24H22FNO3/c25-18-8-4-6-16(12-18)20-13-24(20)19-9-1-2-10-21(19)26(23(24)29)14-15-5-3-7-17(11-15)22(27)28/h1-11,16,19-21H,12-14H2,(H,27,28)/t16?,19?,20-,21?,24-/m0/s1. The second-order valence-electron chi connectivity index (χ2n) is 8.44. The third-order valence-corrected chi connectivity index (χ3v) is 6.89. The number of carboxylic acid groups (broad SMARTS) is 1. The number of likely N-dealkylation sites (tertiary alicyclic amines) is 1. The van der Waals surface area contributed by atoms with Crippen molar-refractivity contribution in [3.8, 4) is 0 Å². The van der Waals surface area contributed by atoms with E-state index in [0.717, 1.165) is 12.0 Å². The minimum absolute atomic E-state index is 0.0426. The third-order valence-electron chi connectivity index (χ3n) is 6.89. The zero-order valence-corrected chi connectivity index (χ0v) is 15.9. The molecule has 0 bridgehead atoms. The number of hydrogen-bond acceptors (Lipinski definition) is 2. The van der Waals surface area contributed by atoms with Crippen LogP contribution in [-0.4, -0.2) is 27.9 Å². The maximum atomic E-state index is 13.8. The van der Waals surface area contributed by atoms with Crippen molar-refractivity contribution < 1.29 is 19.1 Å². The van der Waals surface area contributed by atoms with Crippen LogP contribution in [0.5, 0.6) is 0 Å². The van der Waals surface area contributed by atoms with Gasteiger partial charge in [-0.2, -0.15) is 0 Å². The Bertz CT molecular complexity index is 1010. The highest BCUT2D eigenvalue weighted by atomic mass is 19.1. The highest BCUT2D eigenvalue weighted by Gasteiger charge is 2.72. The van der Waals surface area contributed by atoms with Crippen LogP contribution in [0.25, 0.3) is 0 Å². The Morgan fingerprint density at radius 3 is 2.83 bits per heavy atom. The third kappa shape index (κ3) is 2.79. The number of carboxylic acids is 1. The summed E-state index contributed by atoms with van der Waals surface area (Å²) in [6.07, 6.45) is 14.6. The lowest BCUT2D eigenvalue weighted by molar-refractivity contribution is -0.134. The van der Waals surface area contributed by atoms with Crippen molar-refractivity contribution in [3.05, 3.63) is 83.8 Å². The Hall–Kier alpha value is -2.95. The number of benzene rings is 1. The number of carbonyl (C=O) groups is 2. The van der Waals surface area contributed by atoms with Gasteiger partial charge in [-0.05, 0) is 42.0 Å². The SMILES string of the molecule is O=C(O)c1cccc(CN2C(=O)[C@@]3(C[C@H]3C3C=CC=C(F)C3)C3C=CC=CC32)c1. The summed E-state index contributed by atoms with van der Waals surface area (Å²) < 4.78 is 13.8. The van der Waals surface area contributed by atoms with E-state index in [1.165, 1.54) is 6.08 Å². The van der Waals surface area contributed by atoms with Crippen molar-refractivity contribution in [1.82, 2.24) is 4.90 Å². The Labute approximate surface area is 168 Å². The number of carbonyl (C=O) groups excluding carboxylic acids is 1. The molecule has 148 valence electrons. The lowest BCUT2D eigenvalue weighted by atomic mass is 9.79. The number of halogens is 1. The Morgan fingerprint density at radius 2 is 2.03 bits per heavy atom. The van der Waals surface area contributed by atoms with E-state index in [2.05, 4.69) is 12.2 Å². The van der Waals surface area contributed by atoms with Crippen LogP contribution in [0.1, 0.15) is 28.8 Å². The number of nitrogens with zero attached hydrogens (tertiary/aromatic N) is 1. The van der Waals surface area contributed by atoms with Gasteiger partial charge < -0.3 is 10.0 Å². The Kier molecular flexibility index (Phi) is 4.09. The molecule has 1 saturated carbocycles. The van der Waals surface area contributed by atoms with Crippen molar-refractivity contribution >= 4 is 11.9 Å². The molecule has 2 fully saturated rings. The molecule has 3 aliphatic carbocycles. The minimum atomic E-state index is -0.976. The van der Waals surface area contributed by atoms with E-state index in [1.807, 2.05) is 29.2 Å². The predicted molar refractivity (Wildman–Crippen MR) is 106 cm³/mol. The van der Waals surface area contributed by atoms with Crippen molar-refractivity contribution in [2.24, 2.45) is 23.2 Å². The molecule has 4 nitrogen and oxygen atoms in total. The summed E-state index contributed by atoms with van der Waals surface area (Å²) in [6, 6.07) is 6.71. The van der Waals surface area contributed by atoms with Crippen LogP contribution in [0.3, 0.4) is 0 Å². The van der Waals surface area contributed by atoms with E-state index < -0.39 is 11.4 Å². The van der Waals surface area contributed by atoms with Gasteiger partial charge in [-0.1, -0.05) is 48.6 Å². The molecule has 5 heteroatoms. The fourth-order valence-corrected chi connectivity index (χ4v) is 5.50. The summed E-state index contributed by atoms with van der Waals surface area (Å²) in [4.78, 5) is 26.8. The lowest BCUT2D eigenvalue weighted by Gasteiger charge is -2.26. The van der Waals surface area contributed by atoms with Crippen molar-refractivity contribution in [2.45, 2.75) is 25.4 Å². The lowest BCUT2D eigenvalue weighted by Crippen LogP contribution is -2.34. The smallest absolute Gasteiger partial charge is 0.335 e. The van der Waals surface area contributed by atoms with E-state index >= 15 is 0 Å². The molecule has 0 radical (unpaired) electrons. The van der Waals surface area contributed by atoms with Gasteiger partial charge in [0.1, 0.15) is 5.83 Å². The van der Waals surface area contributed by atoms with Crippen LogP contribution < -0.4 is 0 Å². The summed E-state index contributed by atoms with van der Waals surface area (Å²) >= 11 is 0. The molecule has 5 atom stereocenters. The minimum Gasteiger partial charge on any atom is -0.478 e.